The third kappa shape index (κ3) is 4.05. The van der Waals surface area contributed by atoms with Gasteiger partial charge in [0.15, 0.2) is 0 Å². The average molecular weight is 332 g/mol. The number of carbonyl (C=O) groups excluding carboxylic acids is 1. The van der Waals surface area contributed by atoms with E-state index in [0.717, 1.165) is 62.9 Å². The fraction of sp³-hybridized carbons (Fsp3) is 0.667. The van der Waals surface area contributed by atoms with Gasteiger partial charge in [0.2, 0.25) is 0 Å². The van der Waals surface area contributed by atoms with Gasteiger partial charge in [-0.15, -0.1) is 0 Å². The largest absolute Gasteiger partial charge is 0.378 e. The van der Waals surface area contributed by atoms with Crippen molar-refractivity contribution in [2.24, 2.45) is 5.92 Å². The van der Waals surface area contributed by atoms with Crippen LogP contribution in [0.1, 0.15) is 29.6 Å². The summed E-state index contributed by atoms with van der Waals surface area (Å²) in [6.45, 7) is 5.74. The summed E-state index contributed by atoms with van der Waals surface area (Å²) in [5.74, 6) is 1.66. The third-order valence-electron chi connectivity index (χ3n) is 5.03. The van der Waals surface area contributed by atoms with Crippen LogP contribution in [0.3, 0.4) is 0 Å². The summed E-state index contributed by atoms with van der Waals surface area (Å²) in [7, 11) is 1.99. The van der Waals surface area contributed by atoms with Gasteiger partial charge in [-0.3, -0.25) is 4.79 Å². The summed E-state index contributed by atoms with van der Waals surface area (Å²) in [6.07, 6.45) is 5.16. The average Bonchev–Trinajstić information content (AvgIpc) is 2.67. The maximum absolute atomic E-state index is 13.0. The SMILES string of the molecule is CNCCC1CCN(C(=O)c2cccnc2N2CCOCC2)CC1. The van der Waals surface area contributed by atoms with E-state index in [4.69, 9.17) is 4.74 Å². The van der Waals surface area contributed by atoms with Gasteiger partial charge in [0.1, 0.15) is 5.82 Å². The zero-order chi connectivity index (χ0) is 16.8. The van der Waals surface area contributed by atoms with Crippen LogP contribution in [0, 0.1) is 5.92 Å². The Morgan fingerprint density at radius 3 is 2.75 bits per heavy atom. The molecule has 2 aliphatic rings. The Balaban J connectivity index is 1.65. The molecule has 3 heterocycles. The minimum absolute atomic E-state index is 0.122. The molecule has 0 unspecified atom stereocenters. The summed E-state index contributed by atoms with van der Waals surface area (Å²) in [5.41, 5.74) is 0.730. The highest BCUT2D eigenvalue weighted by Gasteiger charge is 2.27. The van der Waals surface area contributed by atoms with Gasteiger partial charge in [-0.25, -0.2) is 4.98 Å². The number of aromatic nitrogens is 1. The number of carbonyl (C=O) groups is 1. The molecule has 0 bridgehead atoms. The molecule has 2 aliphatic heterocycles. The molecule has 0 saturated carbocycles. The van der Waals surface area contributed by atoms with E-state index in [1.165, 1.54) is 6.42 Å². The second-order valence-corrected chi connectivity index (χ2v) is 6.60. The maximum atomic E-state index is 13.0. The first-order valence-electron chi connectivity index (χ1n) is 9.01. The summed E-state index contributed by atoms with van der Waals surface area (Å²) < 4.78 is 5.41. The van der Waals surface area contributed by atoms with Gasteiger partial charge in [0.25, 0.3) is 5.91 Å². The number of nitrogens with one attached hydrogen (secondary N) is 1. The van der Waals surface area contributed by atoms with Crippen molar-refractivity contribution < 1.29 is 9.53 Å². The second kappa shape index (κ2) is 8.44. The quantitative estimate of drug-likeness (QED) is 0.883. The molecular formula is C18H28N4O2. The predicted octanol–water partition coefficient (Wildman–Crippen LogP) is 1.38. The minimum atomic E-state index is 0.122. The number of hydrogen-bond acceptors (Lipinski definition) is 5. The number of anilines is 1. The third-order valence-corrected chi connectivity index (χ3v) is 5.03. The van der Waals surface area contributed by atoms with Crippen LogP contribution in [0.15, 0.2) is 18.3 Å². The van der Waals surface area contributed by atoms with E-state index in [-0.39, 0.29) is 5.91 Å². The highest BCUT2D eigenvalue weighted by Crippen LogP contribution is 2.25. The lowest BCUT2D eigenvalue weighted by molar-refractivity contribution is 0.0686. The zero-order valence-electron chi connectivity index (χ0n) is 14.5. The first kappa shape index (κ1) is 17.2. The van der Waals surface area contributed by atoms with Crippen molar-refractivity contribution in [3.63, 3.8) is 0 Å². The monoisotopic (exact) mass is 332 g/mol. The molecule has 6 heteroatoms. The van der Waals surface area contributed by atoms with E-state index in [1.54, 1.807) is 6.20 Å². The van der Waals surface area contributed by atoms with Gasteiger partial charge in [0.05, 0.1) is 18.8 Å². The van der Waals surface area contributed by atoms with Crippen LogP contribution in [0.2, 0.25) is 0 Å². The van der Waals surface area contributed by atoms with Crippen LogP contribution >= 0.6 is 0 Å². The molecule has 1 aromatic rings. The standard InChI is InChI=1S/C18H28N4O2/c1-19-8-4-15-5-9-22(10-6-15)18(23)16-3-2-7-20-17(16)21-11-13-24-14-12-21/h2-3,7,15,19H,4-6,8-14H2,1H3. The van der Waals surface area contributed by atoms with E-state index < -0.39 is 0 Å². The Labute approximate surface area is 144 Å². The number of amides is 1. The predicted molar refractivity (Wildman–Crippen MR) is 94.4 cm³/mol. The first-order chi connectivity index (χ1) is 11.8. The van der Waals surface area contributed by atoms with E-state index in [1.807, 2.05) is 24.1 Å². The molecule has 2 saturated heterocycles. The number of ether oxygens (including phenoxy) is 1. The van der Waals surface area contributed by atoms with E-state index in [9.17, 15) is 4.79 Å². The van der Waals surface area contributed by atoms with Gasteiger partial charge < -0.3 is 19.9 Å². The second-order valence-electron chi connectivity index (χ2n) is 6.60. The van der Waals surface area contributed by atoms with Gasteiger partial charge >= 0.3 is 0 Å². The molecule has 1 amide bonds. The van der Waals surface area contributed by atoms with E-state index in [0.29, 0.717) is 13.2 Å². The zero-order valence-corrected chi connectivity index (χ0v) is 14.5. The van der Waals surface area contributed by atoms with Crippen molar-refractivity contribution in [1.29, 1.82) is 0 Å². The molecule has 6 nitrogen and oxygen atoms in total. The molecule has 1 aromatic heterocycles. The van der Waals surface area contributed by atoms with Crippen molar-refractivity contribution >= 4 is 11.7 Å². The molecule has 3 rings (SSSR count). The fourth-order valence-electron chi connectivity index (χ4n) is 3.53. The number of morpholine rings is 1. The van der Waals surface area contributed by atoms with Gasteiger partial charge in [-0.05, 0) is 50.9 Å². The van der Waals surface area contributed by atoms with E-state index in [2.05, 4.69) is 15.2 Å². The number of piperidine rings is 1. The molecule has 2 fully saturated rings. The Hall–Kier alpha value is -1.66. The molecule has 24 heavy (non-hydrogen) atoms. The summed E-state index contributed by atoms with van der Waals surface area (Å²) in [5, 5.41) is 3.21. The molecule has 0 radical (unpaired) electrons. The summed E-state index contributed by atoms with van der Waals surface area (Å²) in [6, 6.07) is 3.77. The Morgan fingerprint density at radius 1 is 1.29 bits per heavy atom. The lowest BCUT2D eigenvalue weighted by Gasteiger charge is -2.34. The number of likely N-dealkylation sites (tertiary alicyclic amines) is 1. The van der Waals surface area contributed by atoms with Crippen LogP contribution in [0.25, 0.3) is 0 Å². The number of pyridine rings is 1. The fourth-order valence-corrected chi connectivity index (χ4v) is 3.53. The summed E-state index contributed by atoms with van der Waals surface area (Å²) in [4.78, 5) is 21.6. The lowest BCUT2D eigenvalue weighted by atomic mass is 9.93. The molecule has 132 valence electrons. The Bertz CT molecular complexity index is 538. The number of nitrogens with zero attached hydrogens (tertiary/aromatic N) is 3. The smallest absolute Gasteiger partial charge is 0.257 e. The normalized spacial score (nSPS) is 19.5. The number of rotatable bonds is 5. The number of hydrogen-bond donors (Lipinski definition) is 1. The molecule has 0 aromatic carbocycles. The minimum Gasteiger partial charge on any atom is -0.378 e. The lowest BCUT2D eigenvalue weighted by Crippen LogP contribution is -2.41. The van der Waals surface area contributed by atoms with Crippen molar-refractivity contribution in [3.8, 4) is 0 Å². The van der Waals surface area contributed by atoms with Crippen LogP contribution in [0.5, 0.6) is 0 Å². The van der Waals surface area contributed by atoms with Crippen LogP contribution in [0.4, 0.5) is 5.82 Å². The van der Waals surface area contributed by atoms with E-state index >= 15 is 0 Å². The van der Waals surface area contributed by atoms with Gasteiger partial charge in [-0.2, -0.15) is 0 Å². The van der Waals surface area contributed by atoms with Crippen molar-refractivity contribution in [2.45, 2.75) is 19.3 Å². The molecule has 1 N–H and O–H groups in total. The summed E-state index contributed by atoms with van der Waals surface area (Å²) >= 11 is 0. The topological polar surface area (TPSA) is 57.7 Å². The van der Waals surface area contributed by atoms with Crippen molar-refractivity contribution in [3.05, 3.63) is 23.9 Å². The Morgan fingerprint density at radius 2 is 2.04 bits per heavy atom. The molecule has 0 spiro atoms. The van der Waals surface area contributed by atoms with Crippen LogP contribution < -0.4 is 10.2 Å². The van der Waals surface area contributed by atoms with Gasteiger partial charge in [-0.1, -0.05) is 0 Å². The first-order valence-corrected chi connectivity index (χ1v) is 9.01. The van der Waals surface area contributed by atoms with Crippen molar-refractivity contribution in [2.75, 3.05) is 57.9 Å². The van der Waals surface area contributed by atoms with Gasteiger partial charge in [0, 0.05) is 32.4 Å². The highest BCUT2D eigenvalue weighted by atomic mass is 16.5. The molecule has 0 aliphatic carbocycles. The molecule has 0 atom stereocenters. The van der Waals surface area contributed by atoms with Crippen molar-refractivity contribution in [1.82, 2.24) is 15.2 Å². The molecular weight excluding hydrogens is 304 g/mol. The Kier molecular flexibility index (Phi) is 6.04. The van der Waals surface area contributed by atoms with Crippen LogP contribution in [-0.4, -0.2) is 68.8 Å². The maximum Gasteiger partial charge on any atom is 0.257 e. The van der Waals surface area contributed by atoms with Crippen LogP contribution in [-0.2, 0) is 4.74 Å². The highest BCUT2D eigenvalue weighted by molar-refractivity contribution is 5.99.